The molecule has 2 aromatic rings. The van der Waals surface area contributed by atoms with Crippen molar-refractivity contribution in [2.75, 3.05) is 10.3 Å². The lowest BCUT2D eigenvalue weighted by atomic mass is 10.2. The molecule has 0 bridgehead atoms. The zero-order valence-corrected chi connectivity index (χ0v) is 16.1. The number of carbonyl (C=O) groups excluding carboxylic acids is 1. The molecule has 1 unspecified atom stereocenters. The van der Waals surface area contributed by atoms with E-state index in [1.54, 1.807) is 12.1 Å². The molecular weight excluding hydrogens is 431 g/mol. The zero-order valence-electron chi connectivity index (χ0n) is 12.3. The molecule has 0 radical (unpaired) electrons. The molecule has 1 saturated heterocycles. The van der Waals surface area contributed by atoms with E-state index in [0.29, 0.717) is 15.7 Å². The zero-order chi connectivity index (χ0) is 18.4. The van der Waals surface area contributed by atoms with E-state index < -0.39 is 11.8 Å². The minimum absolute atomic E-state index is 0.159. The van der Waals surface area contributed by atoms with Crippen molar-refractivity contribution in [2.24, 2.45) is 0 Å². The maximum absolute atomic E-state index is 12.4. The number of benzene rings is 2. The molecule has 0 aliphatic carbocycles. The second kappa shape index (κ2) is 7.00. The van der Waals surface area contributed by atoms with Gasteiger partial charge in [0, 0.05) is 10.0 Å². The molecule has 3 N–H and O–H groups in total. The Kier molecular flexibility index (Phi) is 5.28. The average Bonchev–Trinajstić information content (AvgIpc) is 2.76. The predicted molar refractivity (Wildman–Crippen MR) is 102 cm³/mol. The summed E-state index contributed by atoms with van der Waals surface area (Å²) in [6, 6.07) is 7.58. The monoisotopic (exact) mass is 439 g/mol. The Labute approximate surface area is 168 Å². The van der Waals surface area contributed by atoms with Gasteiger partial charge in [-0.25, -0.2) is 5.01 Å². The molecule has 0 saturated carbocycles. The van der Waals surface area contributed by atoms with E-state index >= 15 is 0 Å². The Morgan fingerprint density at radius 1 is 1.00 bits per heavy atom. The summed E-state index contributed by atoms with van der Waals surface area (Å²) in [4.78, 5) is 12.4. The molecule has 1 aliphatic rings. The van der Waals surface area contributed by atoms with Crippen LogP contribution in [0.3, 0.4) is 0 Å². The van der Waals surface area contributed by atoms with Gasteiger partial charge in [0.25, 0.3) is 0 Å². The second-order valence-corrected chi connectivity index (χ2v) is 7.44. The largest absolute Gasteiger partial charge is 0.357 e. The minimum atomic E-state index is -1.79. The van der Waals surface area contributed by atoms with Crippen LogP contribution in [0.1, 0.15) is 6.42 Å². The van der Waals surface area contributed by atoms with Gasteiger partial charge in [0.05, 0.1) is 32.9 Å². The van der Waals surface area contributed by atoms with Gasteiger partial charge >= 0.3 is 0 Å². The molecule has 3 rings (SSSR count). The minimum Gasteiger partial charge on any atom is -0.357 e. The Balaban J connectivity index is 1.89. The van der Waals surface area contributed by atoms with Crippen molar-refractivity contribution >= 4 is 75.3 Å². The quantitative estimate of drug-likeness (QED) is 0.590. The number of aliphatic hydroxyl groups is 1. The van der Waals surface area contributed by atoms with E-state index in [2.05, 4.69) is 10.7 Å². The maximum Gasteiger partial charge on any atom is 0.248 e. The van der Waals surface area contributed by atoms with E-state index in [0.717, 1.165) is 5.01 Å². The number of amides is 1. The van der Waals surface area contributed by atoms with Crippen LogP contribution in [-0.4, -0.2) is 16.9 Å². The molecule has 2 aromatic carbocycles. The third-order valence-electron chi connectivity index (χ3n) is 3.43. The number of hydrogen-bond donors (Lipinski definition) is 3. The van der Waals surface area contributed by atoms with Gasteiger partial charge in [-0.05, 0) is 30.3 Å². The van der Waals surface area contributed by atoms with Gasteiger partial charge in [0.15, 0.2) is 0 Å². The number of rotatable bonds is 3. The fourth-order valence-electron chi connectivity index (χ4n) is 2.40. The molecule has 0 aromatic heterocycles. The molecule has 132 valence electrons. The highest BCUT2D eigenvalue weighted by atomic mass is 35.5. The van der Waals surface area contributed by atoms with Gasteiger partial charge in [-0.15, -0.1) is 0 Å². The van der Waals surface area contributed by atoms with Crippen molar-refractivity contribution in [2.45, 2.75) is 12.3 Å². The number of halogens is 5. The molecule has 1 heterocycles. The Bertz CT molecular complexity index is 840. The van der Waals surface area contributed by atoms with E-state index in [-0.39, 0.29) is 27.2 Å². The average molecular weight is 442 g/mol. The topological polar surface area (TPSA) is 64.6 Å². The van der Waals surface area contributed by atoms with Gasteiger partial charge in [0.1, 0.15) is 0 Å². The maximum atomic E-state index is 12.4. The van der Waals surface area contributed by atoms with E-state index in [4.69, 9.17) is 58.0 Å². The summed E-state index contributed by atoms with van der Waals surface area (Å²) >= 11 is 30.1. The van der Waals surface area contributed by atoms with Crippen molar-refractivity contribution in [3.8, 4) is 0 Å². The normalized spacial score (nSPS) is 20.2. The first-order valence-corrected chi connectivity index (χ1v) is 8.78. The van der Waals surface area contributed by atoms with Crippen LogP contribution >= 0.6 is 58.0 Å². The number of hydrogen-bond acceptors (Lipinski definition) is 4. The van der Waals surface area contributed by atoms with Gasteiger partial charge in [-0.2, -0.15) is 5.43 Å². The van der Waals surface area contributed by atoms with Crippen molar-refractivity contribution in [3.05, 3.63) is 55.4 Å². The van der Waals surface area contributed by atoms with Gasteiger partial charge in [-0.3, -0.25) is 4.79 Å². The van der Waals surface area contributed by atoms with Crippen LogP contribution in [0.25, 0.3) is 0 Å². The van der Waals surface area contributed by atoms with E-state index in [1.165, 1.54) is 18.2 Å². The first-order chi connectivity index (χ1) is 11.7. The smallest absolute Gasteiger partial charge is 0.248 e. The summed E-state index contributed by atoms with van der Waals surface area (Å²) in [7, 11) is 0. The van der Waals surface area contributed by atoms with Crippen LogP contribution < -0.4 is 15.8 Å². The highest BCUT2D eigenvalue weighted by Crippen LogP contribution is 2.39. The standard InChI is InChI=1S/C15H10Cl5N3O2/c16-7-1-2-12(9(18)3-7)21-15(25)6-13(24)23(22-15)14-10(19)4-8(17)5-11(14)20/h1-5,21-22,25H,6H2. The van der Waals surface area contributed by atoms with Crippen LogP contribution in [0, 0.1) is 0 Å². The summed E-state index contributed by atoms with van der Waals surface area (Å²) < 4.78 is 0. The third-order valence-corrected chi connectivity index (χ3v) is 4.77. The van der Waals surface area contributed by atoms with E-state index in [1.807, 2.05) is 0 Å². The Hall–Kier alpha value is -0.920. The summed E-state index contributed by atoms with van der Waals surface area (Å²) in [6.45, 7) is 0. The fourth-order valence-corrected chi connectivity index (χ4v) is 3.84. The number of nitrogens with one attached hydrogen (secondary N) is 2. The Morgan fingerprint density at radius 3 is 2.20 bits per heavy atom. The number of nitrogens with zero attached hydrogens (tertiary/aromatic N) is 1. The highest BCUT2D eigenvalue weighted by molar-refractivity contribution is 6.42. The number of anilines is 2. The van der Waals surface area contributed by atoms with Crippen LogP contribution in [0.5, 0.6) is 0 Å². The predicted octanol–water partition coefficient (Wildman–Crippen LogP) is 4.95. The Morgan fingerprint density at radius 2 is 1.60 bits per heavy atom. The van der Waals surface area contributed by atoms with Crippen molar-refractivity contribution in [1.82, 2.24) is 5.43 Å². The first-order valence-electron chi connectivity index (χ1n) is 6.89. The first kappa shape index (κ1) is 18.9. The highest BCUT2D eigenvalue weighted by Gasteiger charge is 2.43. The van der Waals surface area contributed by atoms with Crippen LogP contribution in [0.2, 0.25) is 25.1 Å². The van der Waals surface area contributed by atoms with Crippen molar-refractivity contribution in [3.63, 3.8) is 0 Å². The molecule has 1 aliphatic heterocycles. The number of hydrazine groups is 1. The lowest BCUT2D eigenvalue weighted by Crippen LogP contribution is -2.52. The fraction of sp³-hybridized carbons (Fsp3) is 0.133. The second-order valence-electron chi connectivity index (χ2n) is 5.35. The summed E-state index contributed by atoms with van der Waals surface area (Å²) in [5, 5.41) is 15.9. The van der Waals surface area contributed by atoms with Crippen molar-refractivity contribution < 1.29 is 9.90 Å². The van der Waals surface area contributed by atoms with E-state index in [9.17, 15) is 9.90 Å². The van der Waals surface area contributed by atoms with Crippen molar-refractivity contribution in [1.29, 1.82) is 0 Å². The lowest BCUT2D eigenvalue weighted by Gasteiger charge is -2.27. The molecule has 25 heavy (non-hydrogen) atoms. The summed E-state index contributed by atoms with van der Waals surface area (Å²) in [5.41, 5.74) is 3.23. The molecule has 1 fully saturated rings. The lowest BCUT2D eigenvalue weighted by molar-refractivity contribution is -0.118. The SMILES string of the molecule is O=C1CC(O)(Nc2ccc(Cl)cc2Cl)NN1c1c(Cl)cc(Cl)cc1Cl. The molecule has 1 atom stereocenters. The van der Waals surface area contributed by atoms with Crippen LogP contribution in [0.4, 0.5) is 11.4 Å². The number of carbonyl (C=O) groups is 1. The van der Waals surface area contributed by atoms with Gasteiger partial charge < -0.3 is 10.4 Å². The summed E-state index contributed by atoms with van der Waals surface area (Å²) in [6.07, 6.45) is -0.290. The van der Waals surface area contributed by atoms with Crippen LogP contribution in [-0.2, 0) is 4.79 Å². The molecule has 1 amide bonds. The summed E-state index contributed by atoms with van der Waals surface area (Å²) in [5.74, 6) is -2.24. The molecule has 5 nitrogen and oxygen atoms in total. The third kappa shape index (κ3) is 3.93. The van der Waals surface area contributed by atoms with Gasteiger partial charge in [0.2, 0.25) is 11.8 Å². The van der Waals surface area contributed by atoms with Crippen LogP contribution in [0.15, 0.2) is 30.3 Å². The molecular formula is C15H10Cl5N3O2. The van der Waals surface area contributed by atoms with Gasteiger partial charge in [-0.1, -0.05) is 58.0 Å². The molecule has 0 spiro atoms. The molecule has 10 heteroatoms.